The molecular formula is C9H14N2O. The van der Waals surface area contributed by atoms with Gasteiger partial charge in [-0.2, -0.15) is 0 Å². The first kappa shape index (κ1) is 8.97. The fourth-order valence-corrected chi connectivity index (χ4v) is 1.25. The molecule has 0 aromatic carbocycles. The van der Waals surface area contributed by atoms with E-state index in [0.717, 1.165) is 12.8 Å². The first-order valence-corrected chi connectivity index (χ1v) is 4.33. The molecule has 0 saturated carbocycles. The van der Waals surface area contributed by atoms with Crippen LogP contribution in [0.4, 0.5) is 0 Å². The van der Waals surface area contributed by atoms with Crippen molar-refractivity contribution in [1.82, 2.24) is 9.97 Å². The summed E-state index contributed by atoms with van der Waals surface area (Å²) < 4.78 is 0. The predicted molar refractivity (Wildman–Crippen MR) is 47.0 cm³/mol. The normalized spacial score (nSPS) is 10.6. The quantitative estimate of drug-likeness (QED) is 0.695. The lowest BCUT2D eigenvalue weighted by molar-refractivity contribution is 0.0903. The number of hydrogen-bond acceptors (Lipinski definition) is 2. The van der Waals surface area contributed by atoms with E-state index in [4.69, 9.17) is 0 Å². The van der Waals surface area contributed by atoms with Crippen molar-refractivity contribution in [2.75, 3.05) is 0 Å². The fourth-order valence-electron chi connectivity index (χ4n) is 1.25. The van der Waals surface area contributed by atoms with Crippen molar-refractivity contribution in [3.05, 3.63) is 18.2 Å². The molecule has 1 rings (SSSR count). The van der Waals surface area contributed by atoms with Gasteiger partial charge in [-0.05, 0) is 12.8 Å². The van der Waals surface area contributed by atoms with E-state index in [-0.39, 0.29) is 11.7 Å². The Hall–Kier alpha value is -1.12. The largest absolute Gasteiger partial charge is 0.342 e. The molecule has 0 bridgehead atoms. The third kappa shape index (κ3) is 1.72. The third-order valence-corrected chi connectivity index (χ3v) is 2.09. The molecule has 66 valence electrons. The highest BCUT2D eigenvalue weighted by Crippen LogP contribution is 2.12. The van der Waals surface area contributed by atoms with Gasteiger partial charge in [0, 0.05) is 18.3 Å². The molecule has 1 N–H and O–H groups in total. The maximum atomic E-state index is 11.6. The summed E-state index contributed by atoms with van der Waals surface area (Å²) in [6.45, 7) is 4.05. The average Bonchev–Trinajstić information content (AvgIpc) is 2.58. The molecule has 0 radical (unpaired) electrons. The molecule has 0 saturated heterocycles. The van der Waals surface area contributed by atoms with Gasteiger partial charge in [-0.15, -0.1) is 0 Å². The van der Waals surface area contributed by atoms with E-state index < -0.39 is 0 Å². The lowest BCUT2D eigenvalue weighted by Crippen LogP contribution is -2.14. The number of aromatic amines is 1. The van der Waals surface area contributed by atoms with Gasteiger partial charge in [-0.1, -0.05) is 13.8 Å². The van der Waals surface area contributed by atoms with E-state index in [9.17, 15) is 4.79 Å². The van der Waals surface area contributed by atoms with Crippen LogP contribution in [0.2, 0.25) is 0 Å². The number of carbonyl (C=O) groups excluding carboxylic acids is 1. The minimum absolute atomic E-state index is 0.121. The van der Waals surface area contributed by atoms with Gasteiger partial charge in [0.25, 0.3) is 0 Å². The Morgan fingerprint density at radius 3 is 2.67 bits per heavy atom. The molecule has 3 heteroatoms. The number of carbonyl (C=O) groups is 1. The van der Waals surface area contributed by atoms with Crippen LogP contribution >= 0.6 is 0 Å². The molecule has 0 amide bonds. The SMILES string of the molecule is CCC(CC)C(=O)c1ncc[nH]1. The molecule has 1 heterocycles. The zero-order valence-electron chi connectivity index (χ0n) is 7.50. The Balaban J connectivity index is 2.70. The third-order valence-electron chi connectivity index (χ3n) is 2.09. The number of rotatable bonds is 4. The minimum atomic E-state index is 0.121. The summed E-state index contributed by atoms with van der Waals surface area (Å²) in [6, 6.07) is 0. The average molecular weight is 166 g/mol. The van der Waals surface area contributed by atoms with E-state index in [0.29, 0.717) is 5.82 Å². The highest BCUT2D eigenvalue weighted by atomic mass is 16.1. The molecule has 1 aromatic heterocycles. The number of H-pyrrole nitrogens is 1. The number of aromatic nitrogens is 2. The number of ketones is 1. The van der Waals surface area contributed by atoms with Gasteiger partial charge in [-0.3, -0.25) is 4.79 Å². The Morgan fingerprint density at radius 1 is 1.58 bits per heavy atom. The van der Waals surface area contributed by atoms with Gasteiger partial charge in [0.2, 0.25) is 5.78 Å². The Morgan fingerprint density at radius 2 is 2.25 bits per heavy atom. The van der Waals surface area contributed by atoms with Crippen molar-refractivity contribution in [3.63, 3.8) is 0 Å². The molecule has 0 aliphatic carbocycles. The van der Waals surface area contributed by atoms with Crippen LogP contribution in [0.5, 0.6) is 0 Å². The van der Waals surface area contributed by atoms with Crippen LogP contribution in [0.25, 0.3) is 0 Å². The second-order valence-electron chi connectivity index (χ2n) is 2.82. The second kappa shape index (κ2) is 4.04. The number of nitrogens with one attached hydrogen (secondary N) is 1. The van der Waals surface area contributed by atoms with Gasteiger partial charge >= 0.3 is 0 Å². The molecular weight excluding hydrogens is 152 g/mol. The van der Waals surface area contributed by atoms with Gasteiger partial charge in [0.05, 0.1) is 0 Å². The standard InChI is InChI=1S/C9H14N2O/c1-3-7(4-2)8(12)9-10-5-6-11-9/h5-7H,3-4H2,1-2H3,(H,10,11). The van der Waals surface area contributed by atoms with Crippen molar-refractivity contribution >= 4 is 5.78 Å². The molecule has 0 aliphatic heterocycles. The predicted octanol–water partition coefficient (Wildman–Crippen LogP) is 2.03. The molecule has 1 aromatic rings. The van der Waals surface area contributed by atoms with Crippen LogP contribution < -0.4 is 0 Å². The number of imidazole rings is 1. The Bertz CT molecular complexity index is 237. The van der Waals surface area contributed by atoms with Crippen molar-refractivity contribution in [2.24, 2.45) is 5.92 Å². The molecule has 0 spiro atoms. The molecule has 0 aliphatic rings. The topological polar surface area (TPSA) is 45.8 Å². The fraction of sp³-hybridized carbons (Fsp3) is 0.556. The summed E-state index contributed by atoms with van der Waals surface area (Å²) in [5.74, 6) is 0.741. The zero-order valence-corrected chi connectivity index (χ0v) is 7.50. The maximum Gasteiger partial charge on any atom is 0.201 e. The molecule has 3 nitrogen and oxygen atoms in total. The monoisotopic (exact) mass is 166 g/mol. The van der Waals surface area contributed by atoms with E-state index in [1.807, 2.05) is 13.8 Å². The summed E-state index contributed by atoms with van der Waals surface area (Å²) in [6.07, 6.45) is 5.05. The number of Topliss-reactive ketones (excluding diaryl/α,β-unsaturated/α-hetero) is 1. The smallest absolute Gasteiger partial charge is 0.201 e. The molecule has 0 unspecified atom stereocenters. The van der Waals surface area contributed by atoms with Crippen LogP contribution in [0.3, 0.4) is 0 Å². The Kier molecular flexibility index (Phi) is 3.02. The van der Waals surface area contributed by atoms with Crippen LogP contribution in [0, 0.1) is 5.92 Å². The Labute approximate surface area is 72.2 Å². The van der Waals surface area contributed by atoms with E-state index in [1.54, 1.807) is 12.4 Å². The van der Waals surface area contributed by atoms with Crippen molar-refractivity contribution < 1.29 is 4.79 Å². The lowest BCUT2D eigenvalue weighted by atomic mass is 9.98. The van der Waals surface area contributed by atoms with E-state index in [1.165, 1.54) is 0 Å². The van der Waals surface area contributed by atoms with Crippen molar-refractivity contribution in [3.8, 4) is 0 Å². The van der Waals surface area contributed by atoms with Crippen LogP contribution in [-0.2, 0) is 0 Å². The zero-order chi connectivity index (χ0) is 8.97. The lowest BCUT2D eigenvalue weighted by Gasteiger charge is -2.07. The van der Waals surface area contributed by atoms with Crippen molar-refractivity contribution in [1.29, 1.82) is 0 Å². The van der Waals surface area contributed by atoms with Gasteiger partial charge < -0.3 is 4.98 Å². The van der Waals surface area contributed by atoms with Crippen LogP contribution in [-0.4, -0.2) is 15.8 Å². The maximum absolute atomic E-state index is 11.6. The summed E-state index contributed by atoms with van der Waals surface area (Å²) in [5.41, 5.74) is 0. The van der Waals surface area contributed by atoms with E-state index >= 15 is 0 Å². The summed E-state index contributed by atoms with van der Waals surface area (Å²) in [5, 5.41) is 0. The first-order chi connectivity index (χ1) is 5.79. The molecule has 0 atom stereocenters. The summed E-state index contributed by atoms with van der Waals surface area (Å²) in [4.78, 5) is 18.3. The van der Waals surface area contributed by atoms with Gasteiger partial charge in [0.1, 0.15) is 0 Å². The van der Waals surface area contributed by atoms with Crippen LogP contribution in [0.15, 0.2) is 12.4 Å². The molecule has 0 fully saturated rings. The second-order valence-corrected chi connectivity index (χ2v) is 2.82. The number of hydrogen-bond donors (Lipinski definition) is 1. The first-order valence-electron chi connectivity index (χ1n) is 4.33. The highest BCUT2D eigenvalue weighted by Gasteiger charge is 2.17. The minimum Gasteiger partial charge on any atom is -0.342 e. The van der Waals surface area contributed by atoms with Crippen molar-refractivity contribution in [2.45, 2.75) is 26.7 Å². The van der Waals surface area contributed by atoms with Gasteiger partial charge in [-0.25, -0.2) is 4.98 Å². The van der Waals surface area contributed by atoms with Crippen LogP contribution in [0.1, 0.15) is 37.3 Å². The highest BCUT2D eigenvalue weighted by molar-refractivity contribution is 5.94. The van der Waals surface area contributed by atoms with Gasteiger partial charge in [0.15, 0.2) is 5.82 Å². The molecule has 12 heavy (non-hydrogen) atoms. The number of nitrogens with zero attached hydrogens (tertiary/aromatic N) is 1. The summed E-state index contributed by atoms with van der Waals surface area (Å²) >= 11 is 0. The summed E-state index contributed by atoms with van der Waals surface area (Å²) in [7, 11) is 0. The van der Waals surface area contributed by atoms with E-state index in [2.05, 4.69) is 9.97 Å².